The number of likely N-dealkylation sites (tertiary alicyclic amines) is 1. The Labute approximate surface area is 165 Å². The van der Waals surface area contributed by atoms with Gasteiger partial charge in [-0.15, -0.1) is 11.8 Å². The zero-order valence-electron chi connectivity index (χ0n) is 15.7. The Morgan fingerprint density at radius 2 is 1.74 bits per heavy atom. The van der Waals surface area contributed by atoms with Crippen LogP contribution in [0.4, 0.5) is 0 Å². The van der Waals surface area contributed by atoms with Crippen molar-refractivity contribution in [2.45, 2.75) is 30.4 Å². The lowest BCUT2D eigenvalue weighted by Gasteiger charge is -2.29. The third-order valence-electron chi connectivity index (χ3n) is 5.30. The Morgan fingerprint density at radius 1 is 1.04 bits per heavy atom. The van der Waals surface area contributed by atoms with Gasteiger partial charge in [0.25, 0.3) is 0 Å². The van der Waals surface area contributed by atoms with Gasteiger partial charge in [-0.1, -0.05) is 48.0 Å². The van der Waals surface area contributed by atoms with Crippen molar-refractivity contribution in [1.82, 2.24) is 4.90 Å². The van der Waals surface area contributed by atoms with Crippen LogP contribution in [-0.4, -0.2) is 37.1 Å². The fraction of sp³-hybridized carbons (Fsp3) is 0.348. The molecular formula is C23H25NO2S. The predicted molar refractivity (Wildman–Crippen MR) is 111 cm³/mol. The minimum absolute atomic E-state index is 0.116. The van der Waals surface area contributed by atoms with Gasteiger partial charge in [-0.25, -0.2) is 0 Å². The van der Waals surface area contributed by atoms with Gasteiger partial charge in [-0.05, 0) is 48.1 Å². The number of esters is 1. The van der Waals surface area contributed by atoms with E-state index >= 15 is 0 Å². The second-order valence-electron chi connectivity index (χ2n) is 7.00. The molecule has 0 radical (unpaired) electrons. The van der Waals surface area contributed by atoms with Crippen LogP contribution in [0.5, 0.6) is 0 Å². The molecule has 2 aliphatic heterocycles. The van der Waals surface area contributed by atoms with E-state index in [-0.39, 0.29) is 5.97 Å². The number of piperidine rings is 1. The van der Waals surface area contributed by atoms with Crippen LogP contribution in [0, 0.1) is 0 Å². The molecule has 2 heterocycles. The highest BCUT2D eigenvalue weighted by molar-refractivity contribution is 7.98. The highest BCUT2D eigenvalue weighted by Gasteiger charge is 2.24. The molecule has 2 aromatic carbocycles. The van der Waals surface area contributed by atoms with E-state index in [1.165, 1.54) is 32.7 Å². The molecule has 3 nitrogen and oxygen atoms in total. The van der Waals surface area contributed by atoms with Crippen LogP contribution in [-0.2, 0) is 15.3 Å². The van der Waals surface area contributed by atoms with Gasteiger partial charge in [0.15, 0.2) is 0 Å². The summed E-state index contributed by atoms with van der Waals surface area (Å²) in [6, 6.07) is 17.6. The average molecular weight is 380 g/mol. The topological polar surface area (TPSA) is 29.5 Å². The number of rotatable bonds is 3. The maximum Gasteiger partial charge on any atom is 0.320 e. The number of fused-ring (bicyclic) bond motifs is 2. The zero-order chi connectivity index (χ0) is 18.6. The van der Waals surface area contributed by atoms with Crippen LogP contribution in [0.3, 0.4) is 0 Å². The molecule has 2 aromatic rings. The highest BCUT2D eigenvalue weighted by atomic mass is 32.2. The fourth-order valence-electron chi connectivity index (χ4n) is 3.99. The Balaban J connectivity index is 1.66. The Hall–Kier alpha value is -2.04. The van der Waals surface area contributed by atoms with Crippen LogP contribution in [0.1, 0.15) is 36.5 Å². The van der Waals surface area contributed by atoms with Gasteiger partial charge < -0.3 is 4.74 Å². The largest absolute Gasteiger partial charge is 0.465 e. The first kappa shape index (κ1) is 18.3. The maximum atomic E-state index is 11.8. The molecule has 0 unspecified atom stereocenters. The molecule has 1 fully saturated rings. The number of nitrogens with zero attached hydrogens (tertiary/aromatic N) is 1. The minimum Gasteiger partial charge on any atom is -0.465 e. The molecule has 0 N–H and O–H groups in total. The first-order chi connectivity index (χ1) is 13.3. The standard InChI is InChI=1S/C23H25NO2S/c1-2-26-22(25)15-24-13-11-17(12-14-24)23-19-8-4-3-7-18(19)16-27-21-10-6-5-9-20(21)23/h3-10H,2,11-16H2,1H3. The minimum atomic E-state index is -0.116. The van der Waals surface area contributed by atoms with Gasteiger partial charge in [0, 0.05) is 23.7 Å². The highest BCUT2D eigenvalue weighted by Crippen LogP contribution is 2.43. The second-order valence-corrected chi connectivity index (χ2v) is 8.02. The van der Waals surface area contributed by atoms with E-state index in [2.05, 4.69) is 53.4 Å². The van der Waals surface area contributed by atoms with Crippen molar-refractivity contribution in [1.29, 1.82) is 0 Å². The Morgan fingerprint density at radius 3 is 2.52 bits per heavy atom. The van der Waals surface area contributed by atoms with Crippen molar-refractivity contribution < 1.29 is 9.53 Å². The molecule has 1 saturated heterocycles. The van der Waals surface area contributed by atoms with Gasteiger partial charge in [-0.3, -0.25) is 9.69 Å². The number of carbonyl (C=O) groups is 1. The van der Waals surface area contributed by atoms with Crippen LogP contribution in [0.15, 0.2) is 59.0 Å². The van der Waals surface area contributed by atoms with Crippen molar-refractivity contribution in [2.75, 3.05) is 26.2 Å². The summed E-state index contributed by atoms with van der Waals surface area (Å²) in [6.07, 6.45) is 2.00. The third kappa shape index (κ3) is 3.97. The van der Waals surface area contributed by atoms with E-state index in [0.717, 1.165) is 31.7 Å². The van der Waals surface area contributed by atoms with Crippen molar-refractivity contribution in [2.24, 2.45) is 0 Å². The van der Waals surface area contributed by atoms with Crippen molar-refractivity contribution >= 4 is 23.3 Å². The van der Waals surface area contributed by atoms with Gasteiger partial charge in [0.1, 0.15) is 0 Å². The lowest BCUT2D eigenvalue weighted by molar-refractivity contribution is -0.144. The summed E-state index contributed by atoms with van der Waals surface area (Å²) in [5.41, 5.74) is 7.08. The van der Waals surface area contributed by atoms with Crippen LogP contribution in [0.25, 0.3) is 5.57 Å². The molecule has 0 saturated carbocycles. The van der Waals surface area contributed by atoms with Crippen molar-refractivity contribution in [3.63, 3.8) is 0 Å². The van der Waals surface area contributed by atoms with Crippen LogP contribution in [0.2, 0.25) is 0 Å². The molecule has 2 aliphatic rings. The summed E-state index contributed by atoms with van der Waals surface area (Å²) in [7, 11) is 0. The van der Waals surface area contributed by atoms with Gasteiger partial charge >= 0.3 is 5.97 Å². The number of ether oxygens (including phenoxy) is 1. The molecule has 27 heavy (non-hydrogen) atoms. The summed E-state index contributed by atoms with van der Waals surface area (Å²) < 4.78 is 5.10. The first-order valence-corrected chi connectivity index (χ1v) is 10.7. The van der Waals surface area contributed by atoms with Crippen molar-refractivity contribution in [3.05, 3.63) is 70.8 Å². The third-order valence-corrected chi connectivity index (χ3v) is 6.42. The van der Waals surface area contributed by atoms with E-state index < -0.39 is 0 Å². The summed E-state index contributed by atoms with van der Waals surface area (Å²) >= 11 is 1.93. The normalized spacial score (nSPS) is 17.1. The molecule has 0 spiro atoms. The Bertz CT molecular complexity index is 815. The second kappa shape index (κ2) is 8.32. The van der Waals surface area contributed by atoms with Crippen LogP contribution < -0.4 is 0 Å². The summed E-state index contributed by atoms with van der Waals surface area (Å²) in [5.74, 6) is 0.897. The monoisotopic (exact) mass is 379 g/mol. The van der Waals surface area contributed by atoms with Gasteiger partial charge in [0.05, 0.1) is 13.2 Å². The van der Waals surface area contributed by atoms with E-state index in [0.29, 0.717) is 13.2 Å². The lowest BCUT2D eigenvalue weighted by atomic mass is 9.86. The van der Waals surface area contributed by atoms with Crippen LogP contribution >= 0.6 is 11.8 Å². The van der Waals surface area contributed by atoms with Crippen molar-refractivity contribution in [3.8, 4) is 0 Å². The van der Waals surface area contributed by atoms with Gasteiger partial charge in [-0.2, -0.15) is 0 Å². The number of hydrogen-bond acceptors (Lipinski definition) is 4. The molecule has 4 heteroatoms. The van der Waals surface area contributed by atoms with E-state index in [4.69, 9.17) is 4.74 Å². The quantitative estimate of drug-likeness (QED) is 0.720. The smallest absolute Gasteiger partial charge is 0.320 e. The molecule has 0 aliphatic carbocycles. The van der Waals surface area contributed by atoms with E-state index in [9.17, 15) is 4.79 Å². The molecular weight excluding hydrogens is 354 g/mol. The van der Waals surface area contributed by atoms with Gasteiger partial charge in [0.2, 0.25) is 0 Å². The first-order valence-electron chi connectivity index (χ1n) is 9.66. The molecule has 4 rings (SSSR count). The maximum absolute atomic E-state index is 11.8. The number of hydrogen-bond donors (Lipinski definition) is 0. The predicted octanol–water partition coefficient (Wildman–Crippen LogP) is 4.75. The Kier molecular flexibility index (Phi) is 5.65. The molecule has 0 aromatic heterocycles. The molecule has 140 valence electrons. The SMILES string of the molecule is CCOC(=O)CN1CCC(=C2c3ccccc3CSc3ccccc32)CC1. The summed E-state index contributed by atoms with van der Waals surface area (Å²) in [5, 5.41) is 0. The average Bonchev–Trinajstić information content (AvgIpc) is 2.86. The zero-order valence-corrected chi connectivity index (χ0v) is 16.6. The molecule has 0 amide bonds. The number of carbonyl (C=O) groups excluding carboxylic acids is 1. The fourth-order valence-corrected chi connectivity index (χ4v) is 5.05. The number of thioether (sulfide) groups is 1. The summed E-state index contributed by atoms with van der Waals surface area (Å²) in [6.45, 7) is 4.53. The summed E-state index contributed by atoms with van der Waals surface area (Å²) in [4.78, 5) is 15.4. The molecule has 0 bridgehead atoms. The number of benzene rings is 2. The van der Waals surface area contributed by atoms with E-state index in [1.54, 1.807) is 0 Å². The lowest BCUT2D eigenvalue weighted by Crippen LogP contribution is -2.36. The molecule has 0 atom stereocenters. The van der Waals surface area contributed by atoms with E-state index in [1.807, 2.05) is 18.7 Å².